The van der Waals surface area contributed by atoms with Crippen molar-refractivity contribution in [2.45, 2.75) is 203 Å². The van der Waals surface area contributed by atoms with Crippen LogP contribution in [0.15, 0.2) is 0 Å². The van der Waals surface area contributed by atoms with Gasteiger partial charge in [-0.05, 0) is 101 Å². The van der Waals surface area contributed by atoms with Crippen molar-refractivity contribution in [2.24, 2.45) is 40.4 Å². The lowest BCUT2D eigenvalue weighted by Gasteiger charge is -2.65. The van der Waals surface area contributed by atoms with Gasteiger partial charge in [0.15, 0.2) is 18.9 Å². The number of hydrogen-bond acceptors (Lipinski definition) is 14. The fourth-order valence-electron chi connectivity index (χ4n) is 13.2. The molecule has 4 aliphatic heterocycles. The predicted octanol–water partition coefficient (Wildman–Crippen LogP) is 2.30. The lowest BCUT2D eigenvalue weighted by molar-refractivity contribution is -0.336. The van der Waals surface area contributed by atoms with E-state index in [9.17, 15) is 35.4 Å². The van der Waals surface area contributed by atoms with Crippen LogP contribution in [0.2, 0.25) is 0 Å². The van der Waals surface area contributed by atoms with E-state index in [1.165, 1.54) is 0 Å². The molecule has 6 N–H and O–H groups in total. The van der Waals surface area contributed by atoms with E-state index >= 15 is 0 Å². The second kappa shape index (κ2) is 15.2. The summed E-state index contributed by atoms with van der Waals surface area (Å²) in [5.41, 5.74) is -1.67. The third-order valence-electron chi connectivity index (χ3n) is 16.3. The third-order valence-corrected chi connectivity index (χ3v) is 16.3. The highest BCUT2D eigenvalue weighted by Crippen LogP contribution is 2.70. The van der Waals surface area contributed by atoms with Gasteiger partial charge in [0.2, 0.25) is 0 Å². The zero-order valence-electron chi connectivity index (χ0n) is 33.1. The smallest absolute Gasteiger partial charge is 0.306 e. The van der Waals surface area contributed by atoms with Crippen LogP contribution in [0.3, 0.4) is 0 Å². The van der Waals surface area contributed by atoms with E-state index < -0.39 is 90.9 Å². The highest BCUT2D eigenvalue weighted by atomic mass is 16.7. The molecule has 0 aromatic heterocycles. The van der Waals surface area contributed by atoms with Crippen LogP contribution in [0.1, 0.15) is 112 Å². The normalized spacial score (nSPS) is 57.0. The first kappa shape index (κ1) is 40.8. The number of rotatable bonds is 7. The molecular weight excluding hydrogens is 716 g/mol. The summed E-state index contributed by atoms with van der Waals surface area (Å²) >= 11 is 0. The van der Waals surface area contributed by atoms with Crippen LogP contribution in [-0.2, 0) is 38.0 Å². The summed E-state index contributed by atoms with van der Waals surface area (Å²) in [5.74, 6) is 0.612. The van der Waals surface area contributed by atoms with Gasteiger partial charge in [0.1, 0.15) is 18.3 Å². The molecule has 55 heavy (non-hydrogen) atoms. The maximum Gasteiger partial charge on any atom is 0.306 e. The fourth-order valence-corrected chi connectivity index (χ4v) is 13.2. The molecule has 0 aromatic carbocycles. The SMILES string of the molecule is C[C@H]1O[C@@H](O[C@H]2[C@@H](O)C[C@H](O[C@H]3[C@@H](O)C[C@H](O[C@H]4CC[C@@]5(C)[C@H](CC[C@@H]6[C@@H]5C[C@@H](O)[C@]5(C)[C@@H]([C@H]7COC(=O)C7)CC[C@]65O)C4)O[C@@H]3C)O[C@@H]2C)C[C@H](O)[C@@H]1O. The molecule has 4 saturated carbocycles. The van der Waals surface area contributed by atoms with Gasteiger partial charge in [-0.15, -0.1) is 0 Å². The minimum atomic E-state index is -1.00. The summed E-state index contributed by atoms with van der Waals surface area (Å²) in [6.45, 7) is 10.1. The number of ether oxygens (including phenoxy) is 7. The van der Waals surface area contributed by atoms with Crippen molar-refractivity contribution in [3.8, 4) is 0 Å². The molecule has 0 bridgehead atoms. The number of aliphatic hydroxyl groups excluding tert-OH is 5. The topological polar surface area (TPSA) is 203 Å². The Kier molecular flexibility index (Phi) is 11.3. The summed E-state index contributed by atoms with van der Waals surface area (Å²) in [6.07, 6.45) is -2.42. The van der Waals surface area contributed by atoms with E-state index in [2.05, 4.69) is 13.8 Å². The van der Waals surface area contributed by atoms with Gasteiger partial charge in [-0.25, -0.2) is 0 Å². The molecule has 4 saturated heterocycles. The molecule has 8 rings (SSSR count). The zero-order valence-corrected chi connectivity index (χ0v) is 33.1. The van der Waals surface area contributed by atoms with Crippen LogP contribution in [0.4, 0.5) is 0 Å². The Bertz CT molecular complexity index is 1350. The number of aliphatic hydroxyl groups is 6. The standard InChI is InChI=1S/C41H66O14/c1-19-36(47)28(42)15-34(50-19)54-38-21(3)52-35(17-30(38)44)55-37-20(2)51-33(16-29(37)43)53-24-8-10-39(4)23(13-24)6-7-26-27(39)14-31(45)40(5)25(9-11-41(26,40)48)22-12-32(46)49-18-22/h19-31,33-38,42-45,47-48H,6-18H2,1-5H3/t19-,20-,21-,22-,23-,24+,25-,26-,27+,28+,29+,30+,31-,33+,34+,35+,36-,37-,38-,39+,40+,41+/m1/s1. The molecule has 8 aliphatic rings. The quantitative estimate of drug-likeness (QED) is 0.162. The molecule has 0 amide bonds. The van der Waals surface area contributed by atoms with E-state index in [0.29, 0.717) is 31.8 Å². The fraction of sp³-hybridized carbons (Fsp3) is 0.976. The molecule has 0 radical (unpaired) electrons. The molecule has 14 heteroatoms. The van der Waals surface area contributed by atoms with Crippen molar-refractivity contribution < 1.29 is 68.6 Å². The van der Waals surface area contributed by atoms with E-state index in [0.717, 1.165) is 38.5 Å². The van der Waals surface area contributed by atoms with E-state index in [4.69, 9.17) is 33.2 Å². The van der Waals surface area contributed by atoms with E-state index in [1.54, 1.807) is 13.8 Å². The first-order valence-corrected chi connectivity index (χ1v) is 21.2. The van der Waals surface area contributed by atoms with Gasteiger partial charge in [0, 0.05) is 30.6 Å². The lowest BCUT2D eigenvalue weighted by Crippen LogP contribution is -2.67. The molecule has 4 heterocycles. The van der Waals surface area contributed by atoms with Gasteiger partial charge in [-0.3, -0.25) is 4.79 Å². The van der Waals surface area contributed by atoms with Crippen molar-refractivity contribution in [1.29, 1.82) is 0 Å². The number of hydrogen-bond donors (Lipinski definition) is 6. The van der Waals surface area contributed by atoms with Crippen LogP contribution < -0.4 is 0 Å². The maximum atomic E-state index is 12.6. The Labute approximate surface area is 324 Å². The van der Waals surface area contributed by atoms with Crippen LogP contribution in [0.25, 0.3) is 0 Å². The molecule has 14 nitrogen and oxygen atoms in total. The average Bonchev–Trinajstić information content (AvgIpc) is 3.67. The Morgan fingerprint density at radius 3 is 1.84 bits per heavy atom. The summed E-state index contributed by atoms with van der Waals surface area (Å²) in [7, 11) is 0. The summed E-state index contributed by atoms with van der Waals surface area (Å²) < 4.78 is 42.2. The predicted molar refractivity (Wildman–Crippen MR) is 193 cm³/mol. The maximum absolute atomic E-state index is 12.6. The van der Waals surface area contributed by atoms with Crippen LogP contribution in [0, 0.1) is 40.4 Å². The monoisotopic (exact) mass is 782 g/mol. The Morgan fingerprint density at radius 1 is 0.655 bits per heavy atom. The van der Waals surface area contributed by atoms with E-state index in [-0.39, 0.29) is 60.4 Å². The second-order valence-corrected chi connectivity index (χ2v) is 19.2. The van der Waals surface area contributed by atoms with Crippen molar-refractivity contribution in [3.05, 3.63) is 0 Å². The minimum absolute atomic E-state index is 0.0377. The van der Waals surface area contributed by atoms with Crippen molar-refractivity contribution in [2.75, 3.05) is 6.61 Å². The number of fused-ring (bicyclic) bond motifs is 5. The number of esters is 1. The Hall–Kier alpha value is -1.01. The second-order valence-electron chi connectivity index (χ2n) is 19.2. The third kappa shape index (κ3) is 7.03. The summed E-state index contributed by atoms with van der Waals surface area (Å²) in [4.78, 5) is 12.0. The Morgan fingerprint density at radius 2 is 1.25 bits per heavy atom. The van der Waals surface area contributed by atoms with Gasteiger partial charge in [-0.2, -0.15) is 0 Å². The Balaban J connectivity index is 0.834. The largest absolute Gasteiger partial charge is 0.465 e. The van der Waals surface area contributed by atoms with Crippen LogP contribution in [0.5, 0.6) is 0 Å². The molecule has 4 aliphatic carbocycles. The van der Waals surface area contributed by atoms with Crippen molar-refractivity contribution >= 4 is 5.97 Å². The van der Waals surface area contributed by atoms with Crippen molar-refractivity contribution in [1.82, 2.24) is 0 Å². The van der Waals surface area contributed by atoms with Crippen LogP contribution in [-0.4, -0.2) is 135 Å². The molecule has 8 fully saturated rings. The first-order valence-electron chi connectivity index (χ1n) is 21.2. The van der Waals surface area contributed by atoms with Gasteiger partial charge in [-0.1, -0.05) is 13.8 Å². The summed E-state index contributed by atoms with van der Waals surface area (Å²) in [5, 5.41) is 66.9. The van der Waals surface area contributed by atoms with Gasteiger partial charge in [0.05, 0.1) is 67.5 Å². The summed E-state index contributed by atoms with van der Waals surface area (Å²) in [6, 6.07) is 0. The first-order chi connectivity index (χ1) is 26.0. The molecule has 0 unspecified atom stereocenters. The highest BCUT2D eigenvalue weighted by Gasteiger charge is 2.71. The average molecular weight is 783 g/mol. The highest BCUT2D eigenvalue weighted by molar-refractivity contribution is 5.71. The molecule has 0 spiro atoms. The lowest BCUT2D eigenvalue weighted by atomic mass is 9.42. The molecule has 0 aromatic rings. The van der Waals surface area contributed by atoms with Crippen molar-refractivity contribution in [3.63, 3.8) is 0 Å². The molecular formula is C41H66O14. The molecule has 22 atom stereocenters. The molecule has 314 valence electrons. The van der Waals surface area contributed by atoms with Crippen LogP contribution >= 0.6 is 0 Å². The number of carbonyl (C=O) groups excluding carboxylic acids is 1. The van der Waals surface area contributed by atoms with E-state index in [1.807, 2.05) is 6.92 Å². The minimum Gasteiger partial charge on any atom is -0.465 e. The van der Waals surface area contributed by atoms with Gasteiger partial charge in [0.25, 0.3) is 0 Å². The zero-order chi connectivity index (χ0) is 39.2. The van der Waals surface area contributed by atoms with Gasteiger partial charge >= 0.3 is 5.97 Å². The number of cyclic esters (lactones) is 1. The number of carbonyl (C=O) groups is 1. The van der Waals surface area contributed by atoms with Gasteiger partial charge < -0.3 is 63.8 Å².